The molecule has 0 aliphatic carbocycles. The summed E-state index contributed by atoms with van der Waals surface area (Å²) in [5, 5.41) is 2.68. The first-order chi connectivity index (χ1) is 9.83. The van der Waals surface area contributed by atoms with Gasteiger partial charge in [0.25, 0.3) is 0 Å². The summed E-state index contributed by atoms with van der Waals surface area (Å²) < 4.78 is 4.53. The van der Waals surface area contributed by atoms with E-state index in [0.717, 1.165) is 9.75 Å². The van der Waals surface area contributed by atoms with Crippen molar-refractivity contribution in [2.45, 2.75) is 46.1 Å². The molecule has 0 saturated heterocycles. The first kappa shape index (κ1) is 17.4. The van der Waals surface area contributed by atoms with E-state index in [1.165, 1.54) is 7.11 Å². The fourth-order valence-corrected chi connectivity index (χ4v) is 2.94. The number of esters is 1. The van der Waals surface area contributed by atoms with E-state index < -0.39 is 0 Å². The minimum Gasteiger partial charge on any atom is -0.469 e. The van der Waals surface area contributed by atoms with Crippen LogP contribution in [0.15, 0.2) is 6.07 Å². The molecule has 0 radical (unpaired) electrons. The molecule has 21 heavy (non-hydrogen) atoms. The zero-order valence-electron chi connectivity index (χ0n) is 12.8. The zero-order valence-corrected chi connectivity index (χ0v) is 13.6. The van der Waals surface area contributed by atoms with Gasteiger partial charge in [-0.15, -0.1) is 11.3 Å². The van der Waals surface area contributed by atoms with E-state index in [4.69, 9.17) is 0 Å². The number of thiophene rings is 1. The molecule has 1 aromatic rings. The van der Waals surface area contributed by atoms with Crippen LogP contribution in [0, 0.1) is 13.8 Å². The summed E-state index contributed by atoms with van der Waals surface area (Å²) in [5.41, 5.74) is 0.702. The first-order valence-corrected chi connectivity index (χ1v) is 7.61. The molecule has 0 aromatic carbocycles. The average Bonchev–Trinajstić information content (AvgIpc) is 2.74. The zero-order chi connectivity index (χ0) is 16.0. The maximum absolute atomic E-state index is 12.0. The van der Waals surface area contributed by atoms with Crippen molar-refractivity contribution in [1.82, 2.24) is 5.32 Å². The summed E-state index contributed by atoms with van der Waals surface area (Å²) in [6.45, 7) is 5.59. The highest BCUT2D eigenvalue weighted by atomic mass is 32.1. The molecule has 1 heterocycles. The van der Waals surface area contributed by atoms with Gasteiger partial charge in [-0.3, -0.25) is 14.4 Å². The van der Waals surface area contributed by atoms with Crippen molar-refractivity contribution in [3.05, 3.63) is 21.4 Å². The lowest BCUT2D eigenvalue weighted by Crippen LogP contribution is -2.34. The standard InChI is InChI=1S/C15H21NO4S/c1-9(7-15(19)20-4)16-14(18)6-5-13(17)12-8-10(2)21-11(12)3/h8-9H,5-7H2,1-4H3,(H,16,18). The maximum Gasteiger partial charge on any atom is 0.307 e. The van der Waals surface area contributed by atoms with E-state index in [1.54, 1.807) is 18.3 Å². The SMILES string of the molecule is COC(=O)CC(C)NC(=O)CCC(=O)c1cc(C)sc1C. The number of methoxy groups -OCH3 is 1. The highest BCUT2D eigenvalue weighted by Crippen LogP contribution is 2.22. The van der Waals surface area contributed by atoms with Crippen molar-refractivity contribution in [2.75, 3.05) is 7.11 Å². The lowest BCUT2D eigenvalue weighted by molar-refractivity contribution is -0.141. The minimum absolute atomic E-state index is 0.0207. The van der Waals surface area contributed by atoms with Crippen molar-refractivity contribution in [3.63, 3.8) is 0 Å². The van der Waals surface area contributed by atoms with Crippen LogP contribution in [0.4, 0.5) is 0 Å². The summed E-state index contributed by atoms with van der Waals surface area (Å²) in [6, 6.07) is 1.56. The highest BCUT2D eigenvalue weighted by Gasteiger charge is 2.16. The second-order valence-electron chi connectivity index (χ2n) is 5.00. The number of hydrogen-bond donors (Lipinski definition) is 1. The second-order valence-corrected chi connectivity index (χ2v) is 6.46. The van der Waals surface area contributed by atoms with Crippen LogP contribution in [0.5, 0.6) is 0 Å². The normalized spacial score (nSPS) is 11.8. The van der Waals surface area contributed by atoms with Gasteiger partial charge in [-0.05, 0) is 26.8 Å². The lowest BCUT2D eigenvalue weighted by Gasteiger charge is -2.12. The number of amides is 1. The number of hydrogen-bond acceptors (Lipinski definition) is 5. The van der Waals surface area contributed by atoms with Gasteiger partial charge >= 0.3 is 5.97 Å². The first-order valence-electron chi connectivity index (χ1n) is 6.80. The molecule has 0 aliphatic rings. The average molecular weight is 311 g/mol. The van der Waals surface area contributed by atoms with Gasteiger partial charge in [0.2, 0.25) is 5.91 Å². The van der Waals surface area contributed by atoms with Gasteiger partial charge in [-0.2, -0.15) is 0 Å². The smallest absolute Gasteiger partial charge is 0.307 e. The van der Waals surface area contributed by atoms with E-state index in [0.29, 0.717) is 5.56 Å². The molecule has 0 bridgehead atoms. The van der Waals surface area contributed by atoms with Gasteiger partial charge in [-0.1, -0.05) is 0 Å². The van der Waals surface area contributed by atoms with Crippen LogP contribution in [0.25, 0.3) is 0 Å². The van der Waals surface area contributed by atoms with Crippen LogP contribution in [0.1, 0.15) is 46.3 Å². The van der Waals surface area contributed by atoms with E-state index in [2.05, 4.69) is 10.1 Å². The number of Topliss-reactive ketones (excluding diaryl/α,β-unsaturated/α-hetero) is 1. The Kier molecular flexibility index (Phi) is 6.55. The number of rotatable bonds is 7. The third-order valence-corrected chi connectivity index (χ3v) is 3.99. The van der Waals surface area contributed by atoms with E-state index >= 15 is 0 Å². The highest BCUT2D eigenvalue weighted by molar-refractivity contribution is 7.12. The fourth-order valence-electron chi connectivity index (χ4n) is 2.00. The van der Waals surface area contributed by atoms with Crippen molar-refractivity contribution in [2.24, 2.45) is 0 Å². The molecule has 1 rings (SSSR count). The van der Waals surface area contributed by atoms with Gasteiger partial charge < -0.3 is 10.1 Å². The molecule has 1 amide bonds. The van der Waals surface area contributed by atoms with Crippen LogP contribution >= 0.6 is 11.3 Å². The molecule has 0 saturated carbocycles. The van der Waals surface area contributed by atoms with Crippen molar-refractivity contribution in [3.8, 4) is 0 Å². The third kappa shape index (κ3) is 5.67. The van der Waals surface area contributed by atoms with Crippen LogP contribution < -0.4 is 5.32 Å². The van der Waals surface area contributed by atoms with Crippen molar-refractivity contribution < 1.29 is 19.1 Å². The maximum atomic E-state index is 12.0. The van der Waals surface area contributed by atoms with Crippen LogP contribution in [0.3, 0.4) is 0 Å². The summed E-state index contributed by atoms with van der Waals surface area (Å²) >= 11 is 1.58. The molecule has 1 atom stereocenters. The Balaban J connectivity index is 2.41. The third-order valence-electron chi connectivity index (χ3n) is 3.03. The topological polar surface area (TPSA) is 72.5 Å². The predicted molar refractivity (Wildman–Crippen MR) is 81.6 cm³/mol. The summed E-state index contributed by atoms with van der Waals surface area (Å²) in [5.74, 6) is -0.625. The Hall–Kier alpha value is -1.69. The Morgan fingerprint density at radius 2 is 1.95 bits per heavy atom. The molecule has 0 aliphatic heterocycles. The molecule has 1 aromatic heterocycles. The molecule has 1 N–H and O–H groups in total. The molecule has 5 nitrogen and oxygen atoms in total. The van der Waals surface area contributed by atoms with Crippen LogP contribution in [0.2, 0.25) is 0 Å². The molecule has 1 unspecified atom stereocenters. The Morgan fingerprint density at radius 1 is 1.29 bits per heavy atom. The quantitative estimate of drug-likeness (QED) is 0.620. The second kappa shape index (κ2) is 7.93. The number of ketones is 1. The molecule has 6 heteroatoms. The summed E-state index contributed by atoms with van der Waals surface area (Å²) in [7, 11) is 1.31. The minimum atomic E-state index is -0.372. The van der Waals surface area contributed by atoms with Crippen molar-refractivity contribution >= 4 is 29.0 Å². The molecule has 0 spiro atoms. The largest absolute Gasteiger partial charge is 0.469 e. The van der Waals surface area contributed by atoms with Gasteiger partial charge in [-0.25, -0.2) is 0 Å². The lowest BCUT2D eigenvalue weighted by atomic mass is 10.1. The number of carbonyl (C=O) groups excluding carboxylic acids is 3. The summed E-state index contributed by atoms with van der Waals surface area (Å²) in [6.07, 6.45) is 0.422. The van der Waals surface area contributed by atoms with Gasteiger partial charge in [0.15, 0.2) is 5.78 Å². The van der Waals surface area contributed by atoms with Gasteiger partial charge in [0.1, 0.15) is 0 Å². The van der Waals surface area contributed by atoms with Gasteiger partial charge in [0, 0.05) is 34.2 Å². The van der Waals surface area contributed by atoms with E-state index in [1.807, 2.05) is 19.9 Å². The predicted octanol–water partition coefficient (Wildman–Crippen LogP) is 2.40. The fraction of sp³-hybridized carbons (Fsp3) is 0.533. The molecule has 116 valence electrons. The molecular weight excluding hydrogens is 290 g/mol. The number of carbonyl (C=O) groups is 3. The van der Waals surface area contributed by atoms with E-state index in [9.17, 15) is 14.4 Å². The molecular formula is C15H21NO4S. The Bertz CT molecular complexity index is 536. The molecule has 0 fully saturated rings. The Labute approximate surface area is 128 Å². The monoisotopic (exact) mass is 311 g/mol. The number of aryl methyl sites for hydroxylation is 2. The van der Waals surface area contributed by atoms with Crippen molar-refractivity contribution in [1.29, 1.82) is 0 Å². The van der Waals surface area contributed by atoms with Crippen LogP contribution in [-0.2, 0) is 14.3 Å². The number of ether oxygens (including phenoxy) is 1. The summed E-state index contributed by atoms with van der Waals surface area (Å²) in [4.78, 5) is 36.9. The van der Waals surface area contributed by atoms with E-state index in [-0.39, 0.29) is 43.0 Å². The Morgan fingerprint density at radius 3 is 2.48 bits per heavy atom. The van der Waals surface area contributed by atoms with Crippen LogP contribution in [-0.4, -0.2) is 30.8 Å². The number of nitrogens with one attached hydrogen (secondary N) is 1. The van der Waals surface area contributed by atoms with Gasteiger partial charge in [0.05, 0.1) is 13.5 Å².